The minimum Gasteiger partial charge on any atom is -0.394 e. The molecule has 0 saturated heterocycles. The number of rotatable bonds is 8. The highest BCUT2D eigenvalue weighted by Crippen LogP contribution is 2.18. The molecule has 34 heavy (non-hydrogen) atoms. The summed E-state index contributed by atoms with van der Waals surface area (Å²) in [6, 6.07) is 25.9. The zero-order chi connectivity index (χ0) is 23.8. The standard InChI is InChI=1S/C27H25N3O4/c31-18-23(15-19-7-2-1-3-8-19)30-27(33)34-25-16-21(13-14-28-25)26(32)29-17-22-11-6-10-20-9-4-5-12-24(20)22/h1-14,16,23,31H,15,17-18H2,(H,29,32)(H,30,33)/t23-/m0/s1. The minimum atomic E-state index is -0.754. The summed E-state index contributed by atoms with van der Waals surface area (Å²) in [5.74, 6) is -0.315. The van der Waals surface area contributed by atoms with Crippen molar-refractivity contribution < 1.29 is 19.4 Å². The van der Waals surface area contributed by atoms with Crippen molar-refractivity contribution in [1.82, 2.24) is 15.6 Å². The van der Waals surface area contributed by atoms with Crippen LogP contribution in [0.1, 0.15) is 21.5 Å². The molecule has 0 unspecified atom stereocenters. The number of aromatic nitrogens is 1. The van der Waals surface area contributed by atoms with Crippen LogP contribution in [0.2, 0.25) is 0 Å². The number of fused-ring (bicyclic) bond motifs is 1. The van der Waals surface area contributed by atoms with Gasteiger partial charge in [0.05, 0.1) is 12.6 Å². The van der Waals surface area contributed by atoms with Crippen molar-refractivity contribution in [2.24, 2.45) is 0 Å². The maximum atomic E-state index is 12.7. The molecule has 0 aliphatic rings. The van der Waals surface area contributed by atoms with Gasteiger partial charge in [-0.25, -0.2) is 9.78 Å². The lowest BCUT2D eigenvalue weighted by Crippen LogP contribution is -2.40. The van der Waals surface area contributed by atoms with Gasteiger partial charge in [-0.2, -0.15) is 0 Å². The van der Waals surface area contributed by atoms with E-state index in [0.717, 1.165) is 21.9 Å². The highest BCUT2D eigenvalue weighted by molar-refractivity contribution is 5.95. The smallest absolute Gasteiger partial charge is 0.394 e. The van der Waals surface area contributed by atoms with Gasteiger partial charge in [0.15, 0.2) is 0 Å². The van der Waals surface area contributed by atoms with E-state index in [1.807, 2.05) is 72.8 Å². The average Bonchev–Trinajstić information content (AvgIpc) is 2.87. The van der Waals surface area contributed by atoms with Gasteiger partial charge in [-0.15, -0.1) is 0 Å². The molecule has 1 aromatic heterocycles. The quantitative estimate of drug-likeness (QED) is 0.375. The van der Waals surface area contributed by atoms with E-state index in [4.69, 9.17) is 4.74 Å². The van der Waals surface area contributed by atoms with Gasteiger partial charge in [0.1, 0.15) is 0 Å². The molecule has 0 aliphatic carbocycles. The number of aliphatic hydroxyl groups is 1. The molecule has 4 aromatic rings. The molecule has 0 saturated carbocycles. The van der Waals surface area contributed by atoms with Crippen LogP contribution in [0.25, 0.3) is 10.8 Å². The number of amides is 2. The predicted molar refractivity (Wildman–Crippen MR) is 130 cm³/mol. The molecule has 0 fully saturated rings. The number of nitrogens with zero attached hydrogens (tertiary/aromatic N) is 1. The molecule has 0 spiro atoms. The number of ether oxygens (including phenoxy) is 1. The number of aliphatic hydroxyl groups excluding tert-OH is 1. The fourth-order valence-electron chi connectivity index (χ4n) is 3.68. The number of hydrogen-bond donors (Lipinski definition) is 3. The van der Waals surface area contributed by atoms with Crippen LogP contribution < -0.4 is 15.4 Å². The number of carbonyl (C=O) groups is 2. The van der Waals surface area contributed by atoms with Crippen LogP contribution in [0.4, 0.5) is 4.79 Å². The summed E-state index contributed by atoms with van der Waals surface area (Å²) in [7, 11) is 0. The monoisotopic (exact) mass is 455 g/mol. The third-order valence-corrected chi connectivity index (χ3v) is 5.38. The molecule has 2 amide bonds. The van der Waals surface area contributed by atoms with Crippen molar-refractivity contribution in [3.8, 4) is 5.88 Å². The molecule has 0 aliphatic heterocycles. The van der Waals surface area contributed by atoms with Gasteiger partial charge in [0.2, 0.25) is 5.88 Å². The summed E-state index contributed by atoms with van der Waals surface area (Å²) >= 11 is 0. The maximum absolute atomic E-state index is 12.7. The van der Waals surface area contributed by atoms with E-state index in [0.29, 0.717) is 18.5 Å². The van der Waals surface area contributed by atoms with Crippen LogP contribution in [0.3, 0.4) is 0 Å². The van der Waals surface area contributed by atoms with Crippen LogP contribution in [-0.4, -0.2) is 34.7 Å². The molecular weight excluding hydrogens is 430 g/mol. The van der Waals surface area contributed by atoms with Crippen molar-refractivity contribution in [2.45, 2.75) is 19.0 Å². The SMILES string of the molecule is O=C(N[C@H](CO)Cc1ccccc1)Oc1cc(C(=O)NCc2cccc3ccccc23)ccn1. The third kappa shape index (κ3) is 5.96. The van der Waals surface area contributed by atoms with Crippen molar-refractivity contribution in [2.75, 3.05) is 6.61 Å². The van der Waals surface area contributed by atoms with Gasteiger partial charge >= 0.3 is 6.09 Å². The van der Waals surface area contributed by atoms with Gasteiger partial charge in [-0.1, -0.05) is 72.8 Å². The first-order valence-corrected chi connectivity index (χ1v) is 11.0. The highest BCUT2D eigenvalue weighted by atomic mass is 16.6. The number of pyridine rings is 1. The lowest BCUT2D eigenvalue weighted by atomic mass is 10.0. The summed E-state index contributed by atoms with van der Waals surface area (Å²) in [6.07, 6.45) is 1.11. The van der Waals surface area contributed by atoms with E-state index < -0.39 is 12.1 Å². The Morgan fingerprint density at radius 2 is 1.71 bits per heavy atom. The predicted octanol–water partition coefficient (Wildman–Crippen LogP) is 3.86. The van der Waals surface area contributed by atoms with Crippen molar-refractivity contribution in [1.29, 1.82) is 0 Å². The third-order valence-electron chi connectivity index (χ3n) is 5.38. The van der Waals surface area contributed by atoms with E-state index in [9.17, 15) is 14.7 Å². The first-order valence-electron chi connectivity index (χ1n) is 11.0. The van der Waals surface area contributed by atoms with Crippen LogP contribution in [0, 0.1) is 0 Å². The molecule has 0 radical (unpaired) electrons. The van der Waals surface area contributed by atoms with E-state index in [1.165, 1.54) is 12.3 Å². The van der Waals surface area contributed by atoms with Crippen LogP contribution in [0.15, 0.2) is 91.1 Å². The minimum absolute atomic E-state index is 0.00767. The topological polar surface area (TPSA) is 101 Å². The number of nitrogens with one attached hydrogen (secondary N) is 2. The lowest BCUT2D eigenvalue weighted by molar-refractivity contribution is 0.0950. The van der Waals surface area contributed by atoms with Gasteiger partial charge in [-0.05, 0) is 34.4 Å². The molecule has 1 atom stereocenters. The molecular formula is C27H25N3O4. The highest BCUT2D eigenvalue weighted by Gasteiger charge is 2.15. The number of carbonyl (C=O) groups excluding carboxylic acids is 2. The summed E-state index contributed by atoms with van der Waals surface area (Å²) in [4.78, 5) is 29.0. The Bertz CT molecular complexity index is 1270. The summed E-state index contributed by atoms with van der Waals surface area (Å²) in [5.41, 5.74) is 2.30. The molecule has 0 bridgehead atoms. The van der Waals surface area contributed by atoms with Gasteiger partial charge in [-0.3, -0.25) is 4.79 Å². The van der Waals surface area contributed by atoms with Crippen molar-refractivity contribution >= 4 is 22.8 Å². The zero-order valence-electron chi connectivity index (χ0n) is 18.5. The maximum Gasteiger partial charge on any atom is 0.414 e. The zero-order valence-corrected chi connectivity index (χ0v) is 18.5. The normalized spacial score (nSPS) is 11.6. The Morgan fingerprint density at radius 3 is 2.53 bits per heavy atom. The summed E-state index contributed by atoms with van der Waals surface area (Å²) in [6.45, 7) is 0.116. The Hall–Kier alpha value is -4.23. The number of benzene rings is 3. The molecule has 172 valence electrons. The Labute approximate surface area is 197 Å². The largest absolute Gasteiger partial charge is 0.414 e. The van der Waals surface area contributed by atoms with Crippen LogP contribution >= 0.6 is 0 Å². The average molecular weight is 456 g/mol. The van der Waals surface area contributed by atoms with Crippen molar-refractivity contribution in [3.05, 3.63) is 108 Å². The van der Waals surface area contributed by atoms with E-state index in [1.54, 1.807) is 6.07 Å². The molecule has 4 rings (SSSR count). The van der Waals surface area contributed by atoms with Crippen molar-refractivity contribution in [3.63, 3.8) is 0 Å². The van der Waals surface area contributed by atoms with E-state index in [2.05, 4.69) is 15.6 Å². The summed E-state index contributed by atoms with van der Waals surface area (Å²) < 4.78 is 5.24. The second-order valence-electron chi connectivity index (χ2n) is 7.81. The molecule has 1 heterocycles. The number of hydrogen-bond acceptors (Lipinski definition) is 5. The molecule has 3 aromatic carbocycles. The Morgan fingerprint density at radius 1 is 0.941 bits per heavy atom. The summed E-state index contributed by atoms with van der Waals surface area (Å²) in [5, 5.41) is 17.3. The van der Waals surface area contributed by atoms with E-state index in [-0.39, 0.29) is 18.4 Å². The fraction of sp³-hybridized carbons (Fsp3) is 0.148. The van der Waals surface area contributed by atoms with E-state index >= 15 is 0 Å². The Balaban J connectivity index is 1.35. The first kappa shape index (κ1) is 22.9. The fourth-order valence-corrected chi connectivity index (χ4v) is 3.68. The molecule has 7 nitrogen and oxygen atoms in total. The molecule has 7 heteroatoms. The lowest BCUT2D eigenvalue weighted by Gasteiger charge is -2.16. The van der Waals surface area contributed by atoms with Crippen LogP contribution in [0.5, 0.6) is 5.88 Å². The Kier molecular flexibility index (Phi) is 7.47. The van der Waals surface area contributed by atoms with Gasteiger partial charge in [0.25, 0.3) is 5.91 Å². The second-order valence-corrected chi connectivity index (χ2v) is 7.81. The van der Waals surface area contributed by atoms with Gasteiger partial charge < -0.3 is 20.5 Å². The first-order chi connectivity index (χ1) is 16.6. The second kappa shape index (κ2) is 11.1. The van der Waals surface area contributed by atoms with Crippen LogP contribution in [-0.2, 0) is 13.0 Å². The van der Waals surface area contributed by atoms with Gasteiger partial charge in [0, 0.05) is 24.4 Å². The molecule has 3 N–H and O–H groups in total.